The minimum Gasteiger partial charge on any atom is -0.467 e. The maximum atomic E-state index is 11.5. The molecule has 1 fully saturated rings. The van der Waals surface area contributed by atoms with Crippen molar-refractivity contribution in [3.63, 3.8) is 0 Å². The molecular formula is C12H19N3O2S. The van der Waals surface area contributed by atoms with E-state index in [-0.39, 0.29) is 10.7 Å². The van der Waals surface area contributed by atoms with Gasteiger partial charge in [0.05, 0.1) is 18.4 Å². The number of furan rings is 1. The predicted molar refractivity (Wildman–Crippen MR) is 72.2 cm³/mol. The Hall–Kier alpha value is -0.980. The monoisotopic (exact) mass is 269 g/mol. The first kappa shape index (κ1) is 13.5. The summed E-state index contributed by atoms with van der Waals surface area (Å²) < 4.78 is 5.64. The molecule has 1 aliphatic rings. The molecule has 0 saturated carbocycles. The number of hydrazine groups is 1. The Balaban J connectivity index is 2.05. The molecule has 0 spiro atoms. The van der Waals surface area contributed by atoms with Crippen LogP contribution in [0.1, 0.15) is 30.0 Å². The van der Waals surface area contributed by atoms with Crippen molar-refractivity contribution >= 4 is 17.7 Å². The lowest BCUT2D eigenvalue weighted by atomic mass is 10.1. The molecule has 0 radical (unpaired) electrons. The van der Waals surface area contributed by atoms with E-state index < -0.39 is 0 Å². The van der Waals surface area contributed by atoms with Crippen LogP contribution in [0, 0.1) is 0 Å². The molecule has 0 bridgehead atoms. The van der Waals surface area contributed by atoms with Gasteiger partial charge in [0.1, 0.15) is 5.76 Å². The van der Waals surface area contributed by atoms with Gasteiger partial charge < -0.3 is 4.42 Å². The molecule has 1 saturated heterocycles. The van der Waals surface area contributed by atoms with Crippen molar-refractivity contribution in [1.29, 1.82) is 0 Å². The number of nitrogens with one attached hydrogen (secondary N) is 1. The van der Waals surface area contributed by atoms with Crippen molar-refractivity contribution in [2.75, 3.05) is 18.8 Å². The fourth-order valence-corrected chi connectivity index (χ4v) is 3.37. The third-order valence-corrected chi connectivity index (χ3v) is 4.29. The third kappa shape index (κ3) is 3.07. The summed E-state index contributed by atoms with van der Waals surface area (Å²) in [5.74, 6) is 6.63. The third-order valence-electron chi connectivity index (χ3n) is 2.99. The van der Waals surface area contributed by atoms with Gasteiger partial charge >= 0.3 is 0 Å². The Bertz CT molecular complexity index is 431. The van der Waals surface area contributed by atoms with E-state index in [9.17, 15) is 4.79 Å². The maximum Gasteiger partial charge on any atom is 0.268 e. The lowest BCUT2D eigenvalue weighted by Gasteiger charge is -2.37. The van der Waals surface area contributed by atoms with Gasteiger partial charge in [-0.2, -0.15) is 11.8 Å². The highest BCUT2D eigenvalue weighted by molar-refractivity contribution is 8.00. The highest BCUT2D eigenvalue weighted by Crippen LogP contribution is 2.30. The van der Waals surface area contributed by atoms with Crippen LogP contribution >= 0.6 is 11.8 Å². The number of nitrogens with zero attached hydrogens (tertiary/aromatic N) is 1. The van der Waals surface area contributed by atoms with E-state index >= 15 is 0 Å². The van der Waals surface area contributed by atoms with Crippen LogP contribution in [-0.4, -0.2) is 34.4 Å². The van der Waals surface area contributed by atoms with Crippen molar-refractivity contribution in [1.82, 2.24) is 10.3 Å². The summed E-state index contributed by atoms with van der Waals surface area (Å²) in [6.45, 7) is 7.12. The first-order valence-corrected chi connectivity index (χ1v) is 6.94. The van der Waals surface area contributed by atoms with Gasteiger partial charge in [-0.25, -0.2) is 5.84 Å². The number of amides is 1. The molecule has 3 N–H and O–H groups in total. The molecule has 1 aromatic rings. The fourth-order valence-electron chi connectivity index (χ4n) is 2.20. The van der Waals surface area contributed by atoms with Crippen molar-refractivity contribution in [2.24, 2.45) is 5.84 Å². The first-order valence-electron chi connectivity index (χ1n) is 5.95. The van der Waals surface area contributed by atoms with E-state index in [1.807, 2.05) is 11.8 Å². The van der Waals surface area contributed by atoms with E-state index in [0.29, 0.717) is 17.9 Å². The molecule has 5 nitrogen and oxygen atoms in total. The normalized spacial score (nSPS) is 19.7. The first-order chi connectivity index (χ1) is 8.52. The average Bonchev–Trinajstić information content (AvgIpc) is 2.75. The number of hydrogen-bond acceptors (Lipinski definition) is 5. The highest BCUT2D eigenvalue weighted by atomic mass is 32.2. The lowest BCUT2D eigenvalue weighted by Crippen LogP contribution is -2.42. The van der Waals surface area contributed by atoms with E-state index in [1.165, 1.54) is 6.26 Å². The standard InChI is InChI=1S/C12H19N3O2S/c1-12(2)8-15(4-6-18-12)7-10-9(3-5-17-10)11(16)14-13/h3,5H,4,6-8,13H2,1-2H3,(H,14,16). The number of thioether (sulfide) groups is 1. The fraction of sp³-hybridized carbons (Fsp3) is 0.583. The molecule has 1 amide bonds. The molecule has 0 aromatic carbocycles. The van der Waals surface area contributed by atoms with Crippen LogP contribution in [0.2, 0.25) is 0 Å². The molecule has 6 heteroatoms. The van der Waals surface area contributed by atoms with Crippen LogP contribution in [0.25, 0.3) is 0 Å². The van der Waals surface area contributed by atoms with Gasteiger partial charge in [-0.15, -0.1) is 0 Å². The second-order valence-electron chi connectivity index (χ2n) is 5.05. The summed E-state index contributed by atoms with van der Waals surface area (Å²) in [7, 11) is 0. The predicted octanol–water partition coefficient (Wildman–Crippen LogP) is 1.21. The number of carbonyl (C=O) groups excluding carboxylic acids is 1. The van der Waals surface area contributed by atoms with Crippen molar-refractivity contribution in [3.05, 3.63) is 23.7 Å². The van der Waals surface area contributed by atoms with Crippen LogP contribution in [0.5, 0.6) is 0 Å². The van der Waals surface area contributed by atoms with Crippen LogP contribution in [-0.2, 0) is 6.54 Å². The van der Waals surface area contributed by atoms with E-state index in [0.717, 1.165) is 18.8 Å². The lowest BCUT2D eigenvalue weighted by molar-refractivity contribution is 0.0949. The number of nitrogens with two attached hydrogens (primary N) is 1. The Morgan fingerprint density at radius 1 is 1.67 bits per heavy atom. The number of rotatable bonds is 3. The van der Waals surface area contributed by atoms with Crippen LogP contribution in [0.15, 0.2) is 16.7 Å². The van der Waals surface area contributed by atoms with Crippen molar-refractivity contribution in [2.45, 2.75) is 25.1 Å². The highest BCUT2D eigenvalue weighted by Gasteiger charge is 2.28. The van der Waals surface area contributed by atoms with Gasteiger partial charge in [0.2, 0.25) is 0 Å². The molecule has 0 unspecified atom stereocenters. The van der Waals surface area contributed by atoms with E-state index in [2.05, 4.69) is 24.2 Å². The van der Waals surface area contributed by atoms with Gasteiger partial charge in [-0.05, 0) is 19.9 Å². The molecule has 0 atom stereocenters. The van der Waals surface area contributed by atoms with Crippen molar-refractivity contribution < 1.29 is 9.21 Å². The zero-order valence-corrected chi connectivity index (χ0v) is 11.5. The van der Waals surface area contributed by atoms with Gasteiger partial charge in [-0.1, -0.05) is 0 Å². The SMILES string of the molecule is CC1(C)CN(Cc2occc2C(=O)NN)CCS1. The maximum absolute atomic E-state index is 11.5. The molecule has 18 heavy (non-hydrogen) atoms. The Morgan fingerprint density at radius 3 is 3.11 bits per heavy atom. The summed E-state index contributed by atoms with van der Waals surface area (Å²) in [6, 6.07) is 1.65. The van der Waals surface area contributed by atoms with Gasteiger partial charge in [0.25, 0.3) is 5.91 Å². The Morgan fingerprint density at radius 2 is 2.44 bits per heavy atom. The average molecular weight is 269 g/mol. The Labute approximate surface area is 111 Å². The van der Waals surface area contributed by atoms with Crippen LogP contribution in [0.4, 0.5) is 0 Å². The summed E-state index contributed by atoms with van der Waals surface area (Å²) in [5.41, 5.74) is 2.66. The van der Waals surface area contributed by atoms with Crippen LogP contribution < -0.4 is 11.3 Å². The second-order valence-corrected chi connectivity index (χ2v) is 6.85. The second kappa shape index (κ2) is 5.34. The summed E-state index contributed by atoms with van der Waals surface area (Å²) in [5, 5.41) is 0. The molecule has 100 valence electrons. The number of carbonyl (C=O) groups is 1. The molecular weight excluding hydrogens is 250 g/mol. The van der Waals surface area contributed by atoms with Crippen molar-refractivity contribution in [3.8, 4) is 0 Å². The minimum absolute atomic E-state index is 0.251. The van der Waals surface area contributed by atoms with E-state index in [1.54, 1.807) is 6.07 Å². The Kier molecular flexibility index (Phi) is 3.99. The summed E-state index contributed by atoms with van der Waals surface area (Å²) >= 11 is 1.98. The smallest absolute Gasteiger partial charge is 0.268 e. The van der Waals surface area contributed by atoms with Gasteiger partial charge in [0.15, 0.2) is 0 Å². The van der Waals surface area contributed by atoms with Gasteiger partial charge in [-0.3, -0.25) is 15.1 Å². The van der Waals surface area contributed by atoms with Crippen LogP contribution in [0.3, 0.4) is 0 Å². The molecule has 1 aromatic heterocycles. The quantitative estimate of drug-likeness (QED) is 0.490. The summed E-state index contributed by atoms with van der Waals surface area (Å²) in [4.78, 5) is 13.9. The van der Waals surface area contributed by atoms with E-state index in [4.69, 9.17) is 10.3 Å². The zero-order valence-electron chi connectivity index (χ0n) is 10.7. The van der Waals surface area contributed by atoms with Gasteiger partial charge in [0, 0.05) is 23.6 Å². The molecule has 0 aliphatic carbocycles. The minimum atomic E-state index is -0.301. The number of hydrogen-bond donors (Lipinski definition) is 2. The number of nitrogen functional groups attached to an aromatic ring is 1. The largest absolute Gasteiger partial charge is 0.467 e. The summed E-state index contributed by atoms with van der Waals surface area (Å²) in [6.07, 6.45) is 1.53. The zero-order chi connectivity index (χ0) is 13.2. The topological polar surface area (TPSA) is 71.5 Å². The molecule has 2 heterocycles. The molecule has 1 aliphatic heterocycles. The molecule has 2 rings (SSSR count).